The van der Waals surface area contributed by atoms with E-state index in [0.29, 0.717) is 6.42 Å². The molecule has 7 nitrogen and oxygen atoms in total. The van der Waals surface area contributed by atoms with E-state index in [0.717, 1.165) is 44.7 Å². The van der Waals surface area contributed by atoms with E-state index in [1.165, 1.54) is 5.56 Å². The van der Waals surface area contributed by atoms with Crippen LogP contribution in [0.15, 0.2) is 60.7 Å². The lowest BCUT2D eigenvalue weighted by atomic mass is 10.1. The van der Waals surface area contributed by atoms with Crippen molar-refractivity contribution in [1.29, 1.82) is 0 Å². The minimum Gasteiger partial charge on any atom is -0.480 e. The molecule has 4 N–H and O–H groups in total. The first-order chi connectivity index (χ1) is 13.6. The predicted molar refractivity (Wildman–Crippen MR) is 108 cm³/mol. The largest absolute Gasteiger partial charge is 0.480 e. The fourth-order valence-corrected chi connectivity index (χ4v) is 2.91. The Morgan fingerprint density at radius 3 is 2.04 bits per heavy atom. The molecule has 28 heavy (non-hydrogen) atoms. The Labute approximate surface area is 165 Å². The molecule has 0 spiro atoms. The molecule has 0 saturated carbocycles. The van der Waals surface area contributed by atoms with Gasteiger partial charge in [-0.15, -0.1) is 0 Å². The first kappa shape index (κ1) is 21.6. The summed E-state index contributed by atoms with van der Waals surface area (Å²) >= 11 is 0. The predicted octanol–water partition coefficient (Wildman–Crippen LogP) is 1.11. The Morgan fingerprint density at radius 2 is 1.54 bits per heavy atom. The van der Waals surface area contributed by atoms with Crippen molar-refractivity contribution in [3.8, 4) is 0 Å². The minimum absolute atomic E-state index is 0.385. The number of nitrogens with one attached hydrogen (secondary N) is 1. The van der Waals surface area contributed by atoms with Gasteiger partial charge in [0, 0.05) is 32.7 Å². The third kappa shape index (κ3) is 7.87. The number of aliphatic carboxylic acids is 1. The molecule has 1 saturated heterocycles. The molecule has 7 heteroatoms. The number of piperazine rings is 1. The Bertz CT molecular complexity index is 704. The standard InChI is InChI=1S/C12H17N3O.C9H11NO2/c16-11-13-15-8-6-14(7-9-15)10-12-4-2-1-3-5-12;10-8(9(11)12)6-7-4-2-1-3-5-7/h1-5,11H,6-10H2,(H,13,16);1-5,8H,6,10H2,(H,11,12)/t;8-/m.0/s1. The monoisotopic (exact) mass is 384 g/mol. The molecule has 150 valence electrons. The Morgan fingerprint density at radius 1 is 1.00 bits per heavy atom. The summed E-state index contributed by atoms with van der Waals surface area (Å²) in [4.78, 5) is 23.1. The number of carbonyl (C=O) groups is 2. The highest BCUT2D eigenvalue weighted by molar-refractivity contribution is 5.73. The number of hydrogen-bond acceptors (Lipinski definition) is 5. The number of carboxylic acids is 1. The lowest BCUT2D eigenvalue weighted by Gasteiger charge is -2.33. The second-order valence-corrected chi connectivity index (χ2v) is 6.63. The molecule has 1 amide bonds. The first-order valence-corrected chi connectivity index (χ1v) is 9.32. The van der Waals surface area contributed by atoms with E-state index in [4.69, 9.17) is 10.8 Å². The number of rotatable bonds is 7. The summed E-state index contributed by atoms with van der Waals surface area (Å²) < 4.78 is 0. The second-order valence-electron chi connectivity index (χ2n) is 6.63. The van der Waals surface area contributed by atoms with E-state index in [2.05, 4.69) is 34.6 Å². The van der Waals surface area contributed by atoms with Gasteiger partial charge < -0.3 is 10.8 Å². The van der Waals surface area contributed by atoms with Gasteiger partial charge in [-0.2, -0.15) is 0 Å². The highest BCUT2D eigenvalue weighted by atomic mass is 16.4. The third-order valence-electron chi connectivity index (χ3n) is 4.47. The van der Waals surface area contributed by atoms with Gasteiger partial charge in [-0.1, -0.05) is 60.7 Å². The molecule has 0 aromatic heterocycles. The molecule has 3 rings (SSSR count). The molecule has 0 bridgehead atoms. The SMILES string of the molecule is N[C@@H](Cc1ccccc1)C(=O)O.O=CNN1CCN(Cc2ccccc2)CC1. The average Bonchev–Trinajstić information content (AvgIpc) is 2.72. The lowest BCUT2D eigenvalue weighted by molar-refractivity contribution is -0.138. The Kier molecular flexibility index (Phi) is 9.14. The minimum atomic E-state index is -0.959. The third-order valence-corrected chi connectivity index (χ3v) is 4.47. The van der Waals surface area contributed by atoms with Crippen molar-refractivity contribution in [2.45, 2.75) is 19.0 Å². The number of amides is 1. The van der Waals surface area contributed by atoms with Crippen molar-refractivity contribution < 1.29 is 14.7 Å². The summed E-state index contributed by atoms with van der Waals surface area (Å²) in [5.74, 6) is -0.959. The zero-order chi connectivity index (χ0) is 20.2. The molecule has 0 radical (unpaired) electrons. The number of nitrogens with two attached hydrogens (primary N) is 1. The van der Waals surface area contributed by atoms with Gasteiger partial charge in [0.2, 0.25) is 6.41 Å². The van der Waals surface area contributed by atoms with Crippen LogP contribution in [0, 0.1) is 0 Å². The van der Waals surface area contributed by atoms with Crippen molar-refractivity contribution in [3.63, 3.8) is 0 Å². The van der Waals surface area contributed by atoms with Gasteiger partial charge in [-0.25, -0.2) is 5.01 Å². The summed E-state index contributed by atoms with van der Waals surface area (Å²) in [6.07, 6.45) is 1.13. The molecular formula is C21H28N4O3. The fourth-order valence-electron chi connectivity index (χ4n) is 2.91. The summed E-state index contributed by atoms with van der Waals surface area (Å²) in [5.41, 5.74) is 10.3. The van der Waals surface area contributed by atoms with E-state index in [-0.39, 0.29) is 0 Å². The lowest BCUT2D eigenvalue weighted by Crippen LogP contribution is -2.51. The number of hydrazine groups is 1. The van der Waals surface area contributed by atoms with E-state index < -0.39 is 12.0 Å². The number of hydrogen-bond donors (Lipinski definition) is 3. The van der Waals surface area contributed by atoms with Crippen molar-refractivity contribution in [2.75, 3.05) is 26.2 Å². The van der Waals surface area contributed by atoms with Crippen LogP contribution in [0.2, 0.25) is 0 Å². The van der Waals surface area contributed by atoms with E-state index >= 15 is 0 Å². The second kappa shape index (κ2) is 11.9. The van der Waals surface area contributed by atoms with Crippen molar-refractivity contribution in [3.05, 3.63) is 71.8 Å². The van der Waals surface area contributed by atoms with Crippen LogP contribution >= 0.6 is 0 Å². The molecule has 0 aliphatic carbocycles. The van der Waals surface area contributed by atoms with Gasteiger partial charge in [-0.3, -0.25) is 19.9 Å². The molecular weight excluding hydrogens is 356 g/mol. The average molecular weight is 384 g/mol. The van der Waals surface area contributed by atoms with Crippen LogP contribution in [0.25, 0.3) is 0 Å². The van der Waals surface area contributed by atoms with Gasteiger partial charge in [-0.05, 0) is 17.5 Å². The number of carbonyl (C=O) groups excluding carboxylic acids is 1. The number of nitrogens with zero attached hydrogens (tertiary/aromatic N) is 2. The topological polar surface area (TPSA) is 98.9 Å². The van der Waals surface area contributed by atoms with Crippen LogP contribution in [0.4, 0.5) is 0 Å². The smallest absolute Gasteiger partial charge is 0.320 e. The van der Waals surface area contributed by atoms with Gasteiger partial charge in [0.1, 0.15) is 6.04 Å². The van der Waals surface area contributed by atoms with Crippen molar-refractivity contribution in [2.24, 2.45) is 5.73 Å². The molecule has 0 unspecified atom stereocenters. The van der Waals surface area contributed by atoms with Crippen LogP contribution in [0.1, 0.15) is 11.1 Å². The maximum atomic E-state index is 10.4. The van der Waals surface area contributed by atoms with Crippen LogP contribution in [-0.2, 0) is 22.6 Å². The highest BCUT2D eigenvalue weighted by Crippen LogP contribution is 2.07. The molecule has 1 aliphatic heterocycles. The van der Waals surface area contributed by atoms with Crippen molar-refractivity contribution in [1.82, 2.24) is 15.3 Å². The number of carboxylic acid groups (broad SMARTS) is 1. The van der Waals surface area contributed by atoms with Crippen LogP contribution in [0.5, 0.6) is 0 Å². The van der Waals surface area contributed by atoms with E-state index in [1.807, 2.05) is 41.4 Å². The zero-order valence-electron chi connectivity index (χ0n) is 15.9. The molecule has 1 atom stereocenters. The van der Waals surface area contributed by atoms with Crippen LogP contribution < -0.4 is 11.2 Å². The highest BCUT2D eigenvalue weighted by Gasteiger charge is 2.15. The first-order valence-electron chi connectivity index (χ1n) is 9.32. The molecule has 2 aromatic carbocycles. The quantitative estimate of drug-likeness (QED) is 0.619. The van der Waals surface area contributed by atoms with Gasteiger partial charge in [0.15, 0.2) is 0 Å². The summed E-state index contributed by atoms with van der Waals surface area (Å²) in [5, 5.41) is 10.5. The van der Waals surface area contributed by atoms with Crippen LogP contribution in [-0.4, -0.2) is 59.6 Å². The van der Waals surface area contributed by atoms with Gasteiger partial charge in [0.05, 0.1) is 0 Å². The zero-order valence-corrected chi connectivity index (χ0v) is 15.9. The Balaban J connectivity index is 0.000000209. The maximum absolute atomic E-state index is 10.4. The van der Waals surface area contributed by atoms with Crippen molar-refractivity contribution >= 4 is 12.4 Å². The molecule has 1 aliphatic rings. The summed E-state index contributed by atoms with van der Waals surface area (Å²) in [6.45, 7) is 4.78. The number of benzene rings is 2. The molecule has 1 heterocycles. The summed E-state index contributed by atoms with van der Waals surface area (Å²) in [7, 11) is 0. The maximum Gasteiger partial charge on any atom is 0.320 e. The van der Waals surface area contributed by atoms with Crippen LogP contribution in [0.3, 0.4) is 0 Å². The molecule has 1 fully saturated rings. The molecule has 2 aromatic rings. The van der Waals surface area contributed by atoms with Gasteiger partial charge >= 0.3 is 5.97 Å². The van der Waals surface area contributed by atoms with E-state index in [9.17, 15) is 9.59 Å². The fraction of sp³-hybridized carbons (Fsp3) is 0.333. The normalized spacial score (nSPS) is 15.8. The van der Waals surface area contributed by atoms with Gasteiger partial charge in [0.25, 0.3) is 0 Å². The van der Waals surface area contributed by atoms with E-state index in [1.54, 1.807) is 0 Å². The Hall–Kier alpha value is -2.74. The summed E-state index contributed by atoms with van der Waals surface area (Å²) in [6, 6.07) is 19.0.